The number of carbonyl (C=O) groups is 1. The molecule has 0 bridgehead atoms. The molecule has 0 N–H and O–H groups in total. The highest BCUT2D eigenvalue weighted by Crippen LogP contribution is 2.29. The van der Waals surface area contributed by atoms with Crippen LogP contribution in [0, 0.1) is 6.92 Å². The fraction of sp³-hybridized carbons (Fsp3) is 0.318. The third kappa shape index (κ3) is 4.29. The first-order chi connectivity index (χ1) is 14.2. The summed E-state index contributed by atoms with van der Waals surface area (Å²) < 4.78 is 7.37. The number of nitrogens with zero attached hydrogens (tertiary/aromatic N) is 4. The number of likely N-dealkylation sites (tertiary alicyclic amines) is 1. The van der Waals surface area contributed by atoms with Crippen molar-refractivity contribution in [3.63, 3.8) is 0 Å². The lowest BCUT2D eigenvalue weighted by Gasteiger charge is -2.15. The van der Waals surface area contributed by atoms with Crippen molar-refractivity contribution in [1.82, 2.24) is 19.7 Å². The van der Waals surface area contributed by atoms with Crippen LogP contribution in [0.25, 0.3) is 17.1 Å². The van der Waals surface area contributed by atoms with Gasteiger partial charge in [0, 0.05) is 36.5 Å². The van der Waals surface area contributed by atoms with Crippen molar-refractivity contribution in [2.24, 2.45) is 0 Å². The lowest BCUT2D eigenvalue weighted by Crippen LogP contribution is -2.27. The molecule has 3 aromatic rings. The van der Waals surface area contributed by atoms with E-state index in [0.717, 1.165) is 53.2 Å². The Morgan fingerprint density at radius 1 is 1.14 bits per heavy atom. The van der Waals surface area contributed by atoms with Gasteiger partial charge in [-0.05, 0) is 43.7 Å². The van der Waals surface area contributed by atoms with E-state index in [4.69, 9.17) is 4.74 Å². The molecule has 1 aliphatic rings. The number of amides is 1. The highest BCUT2D eigenvalue weighted by molar-refractivity contribution is 7.99. The van der Waals surface area contributed by atoms with Gasteiger partial charge >= 0.3 is 0 Å². The third-order valence-electron chi connectivity index (χ3n) is 5.00. The minimum Gasteiger partial charge on any atom is -0.497 e. The number of carbonyl (C=O) groups excluding carboxylic acids is 1. The van der Waals surface area contributed by atoms with Gasteiger partial charge in [0.1, 0.15) is 5.75 Å². The van der Waals surface area contributed by atoms with Gasteiger partial charge in [-0.2, -0.15) is 0 Å². The Kier molecular flexibility index (Phi) is 5.85. The second-order valence-corrected chi connectivity index (χ2v) is 8.10. The number of rotatable bonds is 7. The summed E-state index contributed by atoms with van der Waals surface area (Å²) in [5.74, 6) is 2.65. The summed E-state index contributed by atoms with van der Waals surface area (Å²) in [5.41, 5.74) is 3.18. The number of aryl methyl sites for hydroxylation is 1. The quantitative estimate of drug-likeness (QED) is 0.554. The monoisotopic (exact) mass is 408 g/mol. The van der Waals surface area contributed by atoms with Gasteiger partial charge in [0.25, 0.3) is 0 Å². The molecule has 1 fully saturated rings. The first-order valence-electron chi connectivity index (χ1n) is 9.73. The van der Waals surface area contributed by atoms with Crippen LogP contribution >= 0.6 is 11.8 Å². The number of thioether (sulfide) groups is 1. The maximum Gasteiger partial charge on any atom is 0.222 e. The van der Waals surface area contributed by atoms with Crippen LogP contribution in [-0.2, 0) is 4.79 Å². The molecule has 0 atom stereocenters. The highest BCUT2D eigenvalue weighted by Gasteiger charge is 2.21. The zero-order valence-corrected chi connectivity index (χ0v) is 17.5. The average Bonchev–Trinajstić information content (AvgIpc) is 3.34. The van der Waals surface area contributed by atoms with Gasteiger partial charge in [-0.15, -0.1) is 10.2 Å². The number of aromatic nitrogens is 3. The number of benzene rings is 2. The third-order valence-corrected chi connectivity index (χ3v) is 5.91. The van der Waals surface area contributed by atoms with Crippen LogP contribution in [0.4, 0.5) is 0 Å². The molecule has 0 saturated carbocycles. The molecule has 0 unspecified atom stereocenters. The zero-order valence-electron chi connectivity index (χ0n) is 16.7. The standard InChI is InChI=1S/C22H24N4O2S/c1-16-5-3-6-17(15-16)21-23-24-22(29-14-13-25-12-4-7-20(25)27)26(21)18-8-10-19(28-2)11-9-18/h3,5-6,8-11,15H,4,7,12-14H2,1-2H3. The summed E-state index contributed by atoms with van der Waals surface area (Å²) in [6, 6.07) is 16.2. The summed E-state index contributed by atoms with van der Waals surface area (Å²) >= 11 is 1.62. The molecular weight excluding hydrogens is 384 g/mol. The Bertz CT molecular complexity index is 1000. The van der Waals surface area contributed by atoms with Crippen LogP contribution in [0.2, 0.25) is 0 Å². The van der Waals surface area contributed by atoms with Gasteiger partial charge in [0.15, 0.2) is 11.0 Å². The van der Waals surface area contributed by atoms with Gasteiger partial charge in [-0.3, -0.25) is 9.36 Å². The molecule has 1 aromatic heterocycles. The molecule has 2 heterocycles. The summed E-state index contributed by atoms with van der Waals surface area (Å²) in [5, 5.41) is 9.78. The van der Waals surface area contributed by atoms with E-state index in [1.165, 1.54) is 5.56 Å². The molecule has 1 saturated heterocycles. The first kappa shape index (κ1) is 19.5. The van der Waals surface area contributed by atoms with E-state index in [1.54, 1.807) is 18.9 Å². The molecular formula is C22H24N4O2S. The normalized spacial score (nSPS) is 13.9. The Morgan fingerprint density at radius 2 is 1.97 bits per heavy atom. The summed E-state index contributed by atoms with van der Waals surface area (Å²) in [7, 11) is 1.66. The summed E-state index contributed by atoms with van der Waals surface area (Å²) in [6.45, 7) is 3.66. The van der Waals surface area contributed by atoms with Crippen molar-refractivity contribution in [3.8, 4) is 22.8 Å². The van der Waals surface area contributed by atoms with Gasteiger partial charge in [-0.25, -0.2) is 0 Å². The van der Waals surface area contributed by atoms with E-state index in [9.17, 15) is 4.79 Å². The summed E-state index contributed by atoms with van der Waals surface area (Å²) in [6.07, 6.45) is 1.63. The van der Waals surface area contributed by atoms with Crippen LogP contribution in [-0.4, -0.2) is 51.5 Å². The Hall–Kier alpha value is -2.80. The van der Waals surface area contributed by atoms with Crippen LogP contribution < -0.4 is 4.74 Å². The first-order valence-corrected chi connectivity index (χ1v) is 10.7. The van der Waals surface area contributed by atoms with E-state index in [2.05, 4.69) is 33.8 Å². The predicted octanol–water partition coefficient (Wildman–Crippen LogP) is 3.97. The maximum atomic E-state index is 11.9. The molecule has 0 radical (unpaired) electrons. The number of hydrogen-bond acceptors (Lipinski definition) is 5. The number of ether oxygens (including phenoxy) is 1. The van der Waals surface area contributed by atoms with E-state index in [-0.39, 0.29) is 5.91 Å². The van der Waals surface area contributed by atoms with Crippen LogP contribution in [0.1, 0.15) is 18.4 Å². The molecule has 1 amide bonds. The second kappa shape index (κ2) is 8.69. The van der Waals surface area contributed by atoms with Crippen LogP contribution in [0.15, 0.2) is 53.7 Å². The van der Waals surface area contributed by atoms with Gasteiger partial charge in [0.05, 0.1) is 7.11 Å². The van der Waals surface area contributed by atoms with Crippen molar-refractivity contribution in [1.29, 1.82) is 0 Å². The van der Waals surface area contributed by atoms with Gasteiger partial charge in [0.2, 0.25) is 5.91 Å². The largest absolute Gasteiger partial charge is 0.497 e. The molecule has 0 aliphatic carbocycles. The fourth-order valence-corrected chi connectivity index (χ4v) is 4.40. The van der Waals surface area contributed by atoms with Crippen LogP contribution in [0.3, 0.4) is 0 Å². The molecule has 6 nitrogen and oxygen atoms in total. The zero-order chi connectivity index (χ0) is 20.2. The average molecular weight is 409 g/mol. The van der Waals surface area contributed by atoms with Crippen molar-refractivity contribution >= 4 is 17.7 Å². The second-order valence-electron chi connectivity index (χ2n) is 7.04. The number of hydrogen-bond donors (Lipinski definition) is 0. The SMILES string of the molecule is COc1ccc(-n2c(SCCN3CCCC3=O)nnc2-c2cccc(C)c2)cc1. The lowest BCUT2D eigenvalue weighted by molar-refractivity contribution is -0.127. The van der Waals surface area contributed by atoms with Gasteiger partial charge in [-0.1, -0.05) is 35.5 Å². The molecule has 7 heteroatoms. The smallest absolute Gasteiger partial charge is 0.222 e. The van der Waals surface area contributed by atoms with Crippen molar-refractivity contribution in [2.75, 3.05) is 26.0 Å². The highest BCUT2D eigenvalue weighted by atomic mass is 32.2. The summed E-state index contributed by atoms with van der Waals surface area (Å²) in [4.78, 5) is 13.8. The Morgan fingerprint density at radius 3 is 2.66 bits per heavy atom. The Balaban J connectivity index is 1.64. The van der Waals surface area contributed by atoms with Crippen LogP contribution in [0.5, 0.6) is 5.75 Å². The minimum atomic E-state index is 0.252. The van der Waals surface area contributed by atoms with Gasteiger partial charge < -0.3 is 9.64 Å². The predicted molar refractivity (Wildman–Crippen MR) is 115 cm³/mol. The molecule has 29 heavy (non-hydrogen) atoms. The van der Waals surface area contributed by atoms with E-state index in [0.29, 0.717) is 6.42 Å². The number of methoxy groups -OCH3 is 1. The van der Waals surface area contributed by atoms with E-state index in [1.807, 2.05) is 41.3 Å². The topological polar surface area (TPSA) is 60.2 Å². The molecule has 150 valence electrons. The molecule has 0 spiro atoms. The van der Waals surface area contributed by atoms with Crippen molar-refractivity contribution in [2.45, 2.75) is 24.9 Å². The molecule has 2 aromatic carbocycles. The molecule has 1 aliphatic heterocycles. The maximum absolute atomic E-state index is 11.9. The van der Waals surface area contributed by atoms with Crippen molar-refractivity contribution < 1.29 is 9.53 Å². The van der Waals surface area contributed by atoms with E-state index < -0.39 is 0 Å². The lowest BCUT2D eigenvalue weighted by atomic mass is 10.1. The fourth-order valence-electron chi connectivity index (χ4n) is 3.49. The van der Waals surface area contributed by atoms with Crippen molar-refractivity contribution in [3.05, 3.63) is 54.1 Å². The van der Waals surface area contributed by atoms with E-state index >= 15 is 0 Å². The minimum absolute atomic E-state index is 0.252. The Labute approximate surface area is 174 Å². The molecule has 4 rings (SSSR count).